The number of aryl methyl sites for hydroxylation is 1. The molecule has 0 radical (unpaired) electrons. The average molecular weight is 271 g/mol. The minimum atomic E-state index is 0.273. The second-order valence-corrected chi connectivity index (χ2v) is 4.82. The van der Waals surface area contributed by atoms with Gasteiger partial charge in [-0.3, -0.25) is 0 Å². The summed E-state index contributed by atoms with van der Waals surface area (Å²) in [7, 11) is 1.81. The van der Waals surface area contributed by atoms with E-state index in [1.807, 2.05) is 19.2 Å². The Hall–Kier alpha value is -2.30. The third-order valence-corrected chi connectivity index (χ3v) is 3.10. The van der Waals surface area contributed by atoms with Crippen molar-refractivity contribution in [3.05, 3.63) is 42.0 Å². The predicted molar refractivity (Wildman–Crippen MR) is 83.8 cm³/mol. The summed E-state index contributed by atoms with van der Waals surface area (Å²) in [5.74, 6) is 1.74. The maximum Gasteiger partial charge on any atom is 0.223 e. The van der Waals surface area contributed by atoms with E-state index in [2.05, 4.69) is 51.8 Å². The van der Waals surface area contributed by atoms with Crippen molar-refractivity contribution >= 4 is 17.6 Å². The number of benzene rings is 1. The number of rotatable bonds is 6. The zero-order valence-corrected chi connectivity index (χ0v) is 11.9. The van der Waals surface area contributed by atoms with Crippen LogP contribution >= 0.6 is 0 Å². The molecule has 0 aliphatic carbocycles. The molecule has 0 saturated carbocycles. The van der Waals surface area contributed by atoms with Crippen LogP contribution in [0.4, 0.5) is 17.6 Å². The summed E-state index contributed by atoms with van der Waals surface area (Å²) in [6.07, 6.45) is 2.07. The molecule has 106 valence electrons. The summed E-state index contributed by atoms with van der Waals surface area (Å²) in [6.45, 7) is 2.14. The average Bonchev–Trinajstić information content (AvgIpc) is 2.45. The molecule has 2 aromatic rings. The quantitative estimate of drug-likeness (QED) is 0.752. The highest BCUT2D eigenvalue weighted by Crippen LogP contribution is 2.14. The summed E-state index contributed by atoms with van der Waals surface area (Å²) in [5, 5.41) is 6.32. The maximum atomic E-state index is 5.67. The van der Waals surface area contributed by atoms with Crippen molar-refractivity contribution in [3.63, 3.8) is 0 Å². The maximum absolute atomic E-state index is 5.67. The van der Waals surface area contributed by atoms with Gasteiger partial charge in [-0.05, 0) is 25.3 Å². The van der Waals surface area contributed by atoms with Gasteiger partial charge in [0.15, 0.2) is 0 Å². The molecule has 0 aliphatic rings. The molecule has 1 atom stereocenters. The van der Waals surface area contributed by atoms with Crippen LogP contribution < -0.4 is 16.4 Å². The molecular formula is C15H21N5. The van der Waals surface area contributed by atoms with Gasteiger partial charge in [0.25, 0.3) is 0 Å². The summed E-state index contributed by atoms with van der Waals surface area (Å²) in [4.78, 5) is 8.26. The van der Waals surface area contributed by atoms with Crippen molar-refractivity contribution in [2.45, 2.75) is 25.8 Å². The lowest BCUT2D eigenvalue weighted by molar-refractivity contribution is 0.703. The standard InChI is InChI=1S/C15H21N5/c1-11(8-9-12-6-4-3-5-7-12)18-14-10-13(17-2)19-15(16)20-14/h3-7,10-11H,8-9H2,1-2H3,(H4,16,17,18,19,20). The van der Waals surface area contributed by atoms with Gasteiger partial charge in [0.05, 0.1) is 0 Å². The van der Waals surface area contributed by atoms with E-state index in [1.54, 1.807) is 0 Å². The van der Waals surface area contributed by atoms with Crippen LogP contribution in [0.15, 0.2) is 36.4 Å². The Bertz CT molecular complexity index is 541. The van der Waals surface area contributed by atoms with Gasteiger partial charge in [-0.15, -0.1) is 0 Å². The van der Waals surface area contributed by atoms with Crippen LogP contribution in [0, 0.1) is 0 Å². The monoisotopic (exact) mass is 271 g/mol. The number of aromatic nitrogens is 2. The van der Waals surface area contributed by atoms with Crippen LogP contribution in [0.25, 0.3) is 0 Å². The molecule has 5 heteroatoms. The SMILES string of the molecule is CNc1cc(NC(C)CCc2ccccc2)nc(N)n1. The zero-order chi connectivity index (χ0) is 14.4. The molecule has 0 spiro atoms. The molecule has 0 bridgehead atoms. The van der Waals surface area contributed by atoms with Gasteiger partial charge < -0.3 is 16.4 Å². The summed E-state index contributed by atoms with van der Waals surface area (Å²) in [5.41, 5.74) is 7.02. The molecule has 4 N–H and O–H groups in total. The second-order valence-electron chi connectivity index (χ2n) is 4.82. The summed E-state index contributed by atoms with van der Waals surface area (Å²) >= 11 is 0. The van der Waals surface area contributed by atoms with Crippen molar-refractivity contribution < 1.29 is 0 Å². The van der Waals surface area contributed by atoms with Crippen molar-refractivity contribution in [1.82, 2.24) is 9.97 Å². The normalized spacial score (nSPS) is 11.9. The van der Waals surface area contributed by atoms with Gasteiger partial charge in [0.2, 0.25) is 5.95 Å². The number of nitrogen functional groups attached to an aromatic ring is 1. The third-order valence-electron chi connectivity index (χ3n) is 3.10. The lowest BCUT2D eigenvalue weighted by Crippen LogP contribution is -2.17. The predicted octanol–water partition coefficient (Wildman–Crippen LogP) is 2.53. The second kappa shape index (κ2) is 6.75. The molecule has 0 amide bonds. The molecule has 1 aromatic carbocycles. The lowest BCUT2D eigenvalue weighted by Gasteiger charge is -2.15. The number of hydrogen-bond donors (Lipinski definition) is 3. The van der Waals surface area contributed by atoms with Crippen molar-refractivity contribution in [1.29, 1.82) is 0 Å². The molecular weight excluding hydrogens is 250 g/mol. The summed E-state index contributed by atoms with van der Waals surface area (Å²) in [6, 6.07) is 12.6. The first-order chi connectivity index (χ1) is 9.67. The van der Waals surface area contributed by atoms with Crippen LogP contribution in [0.3, 0.4) is 0 Å². The van der Waals surface area contributed by atoms with E-state index >= 15 is 0 Å². The van der Waals surface area contributed by atoms with Gasteiger partial charge in [0, 0.05) is 19.2 Å². The lowest BCUT2D eigenvalue weighted by atomic mass is 10.1. The minimum Gasteiger partial charge on any atom is -0.373 e. The molecule has 2 rings (SSSR count). The van der Waals surface area contributed by atoms with E-state index in [-0.39, 0.29) is 5.95 Å². The highest BCUT2D eigenvalue weighted by atomic mass is 15.1. The van der Waals surface area contributed by atoms with Gasteiger partial charge in [-0.2, -0.15) is 9.97 Å². The first-order valence-electron chi connectivity index (χ1n) is 6.80. The van der Waals surface area contributed by atoms with E-state index in [9.17, 15) is 0 Å². The van der Waals surface area contributed by atoms with E-state index in [0.717, 1.165) is 24.5 Å². The molecule has 0 fully saturated rings. The van der Waals surface area contributed by atoms with Crippen LogP contribution in [0.5, 0.6) is 0 Å². The molecule has 0 aliphatic heterocycles. The zero-order valence-electron chi connectivity index (χ0n) is 11.9. The first-order valence-corrected chi connectivity index (χ1v) is 6.80. The molecule has 0 saturated heterocycles. The molecule has 5 nitrogen and oxygen atoms in total. The van der Waals surface area contributed by atoms with Gasteiger partial charge in [0.1, 0.15) is 11.6 Å². The topological polar surface area (TPSA) is 75.9 Å². The van der Waals surface area contributed by atoms with E-state index < -0.39 is 0 Å². The molecule has 1 unspecified atom stereocenters. The Balaban J connectivity index is 1.91. The number of nitrogens with one attached hydrogen (secondary N) is 2. The van der Waals surface area contributed by atoms with Crippen molar-refractivity contribution in [3.8, 4) is 0 Å². The molecule has 20 heavy (non-hydrogen) atoms. The van der Waals surface area contributed by atoms with Crippen LogP contribution in [0.1, 0.15) is 18.9 Å². The highest BCUT2D eigenvalue weighted by molar-refractivity contribution is 5.51. The number of hydrogen-bond acceptors (Lipinski definition) is 5. The van der Waals surface area contributed by atoms with Crippen molar-refractivity contribution in [2.24, 2.45) is 0 Å². The van der Waals surface area contributed by atoms with E-state index in [0.29, 0.717) is 6.04 Å². The van der Waals surface area contributed by atoms with Gasteiger partial charge >= 0.3 is 0 Å². The Morgan fingerprint density at radius 3 is 2.55 bits per heavy atom. The fourth-order valence-corrected chi connectivity index (χ4v) is 2.02. The Kier molecular flexibility index (Phi) is 4.76. The number of nitrogens with zero attached hydrogens (tertiary/aromatic N) is 2. The Morgan fingerprint density at radius 2 is 1.85 bits per heavy atom. The smallest absolute Gasteiger partial charge is 0.223 e. The fourth-order valence-electron chi connectivity index (χ4n) is 2.02. The highest BCUT2D eigenvalue weighted by Gasteiger charge is 2.06. The Labute approximate surface area is 119 Å². The van der Waals surface area contributed by atoms with Crippen LogP contribution in [0.2, 0.25) is 0 Å². The third kappa shape index (κ3) is 4.12. The fraction of sp³-hybridized carbons (Fsp3) is 0.333. The largest absolute Gasteiger partial charge is 0.373 e. The Morgan fingerprint density at radius 1 is 1.15 bits per heavy atom. The van der Waals surface area contributed by atoms with Crippen LogP contribution in [-0.4, -0.2) is 23.1 Å². The first kappa shape index (κ1) is 14.1. The molecule has 1 aromatic heterocycles. The van der Waals surface area contributed by atoms with E-state index in [4.69, 9.17) is 5.73 Å². The number of nitrogens with two attached hydrogens (primary N) is 1. The van der Waals surface area contributed by atoms with Crippen molar-refractivity contribution in [2.75, 3.05) is 23.4 Å². The molecule has 1 heterocycles. The van der Waals surface area contributed by atoms with Crippen LogP contribution in [-0.2, 0) is 6.42 Å². The summed E-state index contributed by atoms with van der Waals surface area (Å²) < 4.78 is 0. The van der Waals surface area contributed by atoms with E-state index in [1.165, 1.54) is 5.56 Å². The van der Waals surface area contributed by atoms with Gasteiger partial charge in [-0.25, -0.2) is 0 Å². The minimum absolute atomic E-state index is 0.273. The van der Waals surface area contributed by atoms with Gasteiger partial charge in [-0.1, -0.05) is 30.3 Å². The number of anilines is 3.